The summed E-state index contributed by atoms with van der Waals surface area (Å²) in [5, 5.41) is 0.0670. The van der Waals surface area contributed by atoms with Gasteiger partial charge >= 0.3 is 0 Å². The molecule has 0 spiro atoms. The maximum Gasteiger partial charge on any atom is 0.276 e. The molecule has 0 heterocycles. The molecule has 0 saturated carbocycles. The van der Waals surface area contributed by atoms with Crippen molar-refractivity contribution in [3.05, 3.63) is 29.0 Å². The van der Waals surface area contributed by atoms with E-state index in [9.17, 15) is 14.0 Å². The molecular formula is C10H10ClFN2O3. The summed E-state index contributed by atoms with van der Waals surface area (Å²) < 4.78 is 17.7. The first-order chi connectivity index (χ1) is 7.99. The summed E-state index contributed by atoms with van der Waals surface area (Å²) in [6.45, 7) is 0.906. The van der Waals surface area contributed by atoms with Gasteiger partial charge in [0, 0.05) is 6.92 Å². The molecule has 0 saturated heterocycles. The molecule has 17 heavy (non-hydrogen) atoms. The van der Waals surface area contributed by atoms with Crippen LogP contribution in [0.2, 0.25) is 5.02 Å². The van der Waals surface area contributed by atoms with E-state index in [4.69, 9.17) is 16.3 Å². The third-order valence-electron chi connectivity index (χ3n) is 1.63. The van der Waals surface area contributed by atoms with Crippen molar-refractivity contribution in [2.75, 3.05) is 6.61 Å². The lowest BCUT2D eigenvalue weighted by Crippen LogP contribution is -2.42. The first-order valence-electron chi connectivity index (χ1n) is 4.62. The van der Waals surface area contributed by atoms with Crippen molar-refractivity contribution in [2.24, 2.45) is 0 Å². The summed E-state index contributed by atoms with van der Waals surface area (Å²) in [4.78, 5) is 21.6. The number of amides is 2. The van der Waals surface area contributed by atoms with Gasteiger partial charge in [0.15, 0.2) is 6.61 Å². The Kier molecular flexibility index (Phi) is 4.71. The van der Waals surface area contributed by atoms with Crippen LogP contribution in [0.25, 0.3) is 0 Å². The fourth-order valence-corrected chi connectivity index (χ4v) is 1.15. The summed E-state index contributed by atoms with van der Waals surface area (Å²) in [6, 6.07) is 3.54. The number of hydrogen-bond acceptors (Lipinski definition) is 3. The normalized spacial score (nSPS) is 9.59. The minimum absolute atomic E-state index is 0.0670. The molecule has 92 valence electrons. The summed E-state index contributed by atoms with van der Waals surface area (Å²) in [6.07, 6.45) is 0. The van der Waals surface area contributed by atoms with E-state index >= 15 is 0 Å². The zero-order chi connectivity index (χ0) is 12.8. The van der Waals surface area contributed by atoms with Crippen LogP contribution in [0.4, 0.5) is 4.39 Å². The highest BCUT2D eigenvalue weighted by Gasteiger charge is 2.06. The van der Waals surface area contributed by atoms with E-state index < -0.39 is 17.6 Å². The van der Waals surface area contributed by atoms with Gasteiger partial charge in [0.2, 0.25) is 5.91 Å². The molecule has 1 aromatic carbocycles. The van der Waals surface area contributed by atoms with Crippen LogP contribution in [-0.4, -0.2) is 18.4 Å². The van der Waals surface area contributed by atoms with Crippen molar-refractivity contribution in [1.29, 1.82) is 0 Å². The van der Waals surface area contributed by atoms with E-state index in [1.807, 2.05) is 0 Å². The molecule has 0 aliphatic heterocycles. The zero-order valence-electron chi connectivity index (χ0n) is 8.92. The van der Waals surface area contributed by atoms with Crippen LogP contribution in [0.5, 0.6) is 5.75 Å². The number of carbonyl (C=O) groups excluding carboxylic acids is 2. The second-order valence-corrected chi connectivity index (χ2v) is 3.50. The topological polar surface area (TPSA) is 67.4 Å². The van der Waals surface area contributed by atoms with Crippen LogP contribution in [-0.2, 0) is 9.59 Å². The number of nitrogens with one attached hydrogen (secondary N) is 2. The lowest BCUT2D eigenvalue weighted by Gasteiger charge is -2.08. The van der Waals surface area contributed by atoms with Crippen molar-refractivity contribution >= 4 is 23.4 Å². The SMILES string of the molecule is CC(=O)NNC(=O)COc1ccc(F)cc1Cl. The molecule has 1 aromatic rings. The predicted octanol–water partition coefficient (Wildman–Crippen LogP) is 1.03. The summed E-state index contributed by atoms with van der Waals surface area (Å²) in [7, 11) is 0. The number of hydrogen-bond donors (Lipinski definition) is 2. The number of hydrazine groups is 1. The quantitative estimate of drug-likeness (QED) is 0.798. The van der Waals surface area contributed by atoms with Crippen molar-refractivity contribution in [2.45, 2.75) is 6.92 Å². The highest BCUT2D eigenvalue weighted by molar-refractivity contribution is 6.32. The van der Waals surface area contributed by atoms with Gasteiger partial charge in [-0.2, -0.15) is 0 Å². The third kappa shape index (κ3) is 4.69. The maximum atomic E-state index is 12.7. The molecular weight excluding hydrogens is 251 g/mol. The summed E-state index contributed by atoms with van der Waals surface area (Å²) in [5.74, 6) is -1.27. The first kappa shape index (κ1) is 13.2. The fraction of sp³-hybridized carbons (Fsp3) is 0.200. The average molecular weight is 261 g/mol. The van der Waals surface area contributed by atoms with E-state index in [1.165, 1.54) is 13.0 Å². The van der Waals surface area contributed by atoms with Gasteiger partial charge in [0.05, 0.1) is 5.02 Å². The van der Waals surface area contributed by atoms with E-state index in [2.05, 4.69) is 10.9 Å². The molecule has 0 atom stereocenters. The monoisotopic (exact) mass is 260 g/mol. The van der Waals surface area contributed by atoms with Gasteiger partial charge in [0.1, 0.15) is 11.6 Å². The Morgan fingerprint density at radius 3 is 2.71 bits per heavy atom. The zero-order valence-corrected chi connectivity index (χ0v) is 9.68. The minimum Gasteiger partial charge on any atom is -0.482 e. The molecule has 0 aliphatic rings. The number of rotatable bonds is 3. The van der Waals surface area contributed by atoms with Gasteiger partial charge in [0.25, 0.3) is 5.91 Å². The lowest BCUT2D eigenvalue weighted by molar-refractivity contribution is -0.129. The van der Waals surface area contributed by atoms with Gasteiger partial charge < -0.3 is 4.74 Å². The first-order valence-corrected chi connectivity index (χ1v) is 5.00. The Labute approximate surface area is 102 Å². The van der Waals surface area contributed by atoms with Crippen LogP contribution in [0.3, 0.4) is 0 Å². The fourth-order valence-electron chi connectivity index (χ4n) is 0.929. The molecule has 5 nitrogen and oxygen atoms in total. The second-order valence-electron chi connectivity index (χ2n) is 3.09. The molecule has 0 aromatic heterocycles. The van der Waals surface area contributed by atoms with Crippen LogP contribution in [0.1, 0.15) is 6.92 Å². The maximum absolute atomic E-state index is 12.7. The molecule has 1 rings (SSSR count). The molecule has 0 fully saturated rings. The molecule has 0 radical (unpaired) electrons. The van der Waals surface area contributed by atoms with E-state index in [-0.39, 0.29) is 17.4 Å². The number of ether oxygens (including phenoxy) is 1. The molecule has 2 N–H and O–H groups in total. The Balaban J connectivity index is 2.44. The van der Waals surface area contributed by atoms with Gasteiger partial charge in [-0.15, -0.1) is 0 Å². The standard InChI is InChI=1S/C10H10ClFN2O3/c1-6(15)13-14-10(16)5-17-9-3-2-7(12)4-8(9)11/h2-4H,5H2,1H3,(H,13,15)(H,14,16). The smallest absolute Gasteiger partial charge is 0.276 e. The Bertz CT molecular complexity index is 440. The third-order valence-corrected chi connectivity index (χ3v) is 1.93. The lowest BCUT2D eigenvalue weighted by atomic mass is 10.3. The van der Waals surface area contributed by atoms with Crippen LogP contribution in [0.15, 0.2) is 18.2 Å². The Morgan fingerprint density at radius 1 is 1.41 bits per heavy atom. The van der Waals surface area contributed by atoms with Crippen LogP contribution < -0.4 is 15.6 Å². The molecule has 2 amide bonds. The Morgan fingerprint density at radius 2 is 2.12 bits per heavy atom. The highest BCUT2D eigenvalue weighted by Crippen LogP contribution is 2.24. The Hall–Kier alpha value is -1.82. The van der Waals surface area contributed by atoms with Gasteiger partial charge in [-0.1, -0.05) is 11.6 Å². The highest BCUT2D eigenvalue weighted by atomic mass is 35.5. The summed E-state index contributed by atoms with van der Waals surface area (Å²) in [5.41, 5.74) is 4.20. The largest absolute Gasteiger partial charge is 0.482 e. The van der Waals surface area contributed by atoms with Crippen molar-refractivity contribution in [3.63, 3.8) is 0 Å². The van der Waals surface area contributed by atoms with E-state index in [0.717, 1.165) is 12.1 Å². The molecule has 7 heteroatoms. The van der Waals surface area contributed by atoms with Crippen molar-refractivity contribution in [1.82, 2.24) is 10.9 Å². The average Bonchev–Trinajstić information content (AvgIpc) is 2.25. The van der Waals surface area contributed by atoms with Gasteiger partial charge in [-0.3, -0.25) is 20.4 Å². The molecule has 0 aliphatic carbocycles. The van der Waals surface area contributed by atoms with E-state index in [0.29, 0.717) is 0 Å². The van der Waals surface area contributed by atoms with Gasteiger partial charge in [-0.25, -0.2) is 4.39 Å². The van der Waals surface area contributed by atoms with Crippen molar-refractivity contribution in [3.8, 4) is 5.75 Å². The van der Waals surface area contributed by atoms with Crippen molar-refractivity contribution < 1.29 is 18.7 Å². The molecule has 0 bridgehead atoms. The summed E-state index contributed by atoms with van der Waals surface area (Å²) >= 11 is 5.67. The predicted molar refractivity (Wildman–Crippen MR) is 58.9 cm³/mol. The van der Waals surface area contributed by atoms with Crippen LogP contribution >= 0.6 is 11.6 Å². The second kappa shape index (κ2) is 6.05. The minimum atomic E-state index is -0.555. The van der Waals surface area contributed by atoms with Gasteiger partial charge in [-0.05, 0) is 18.2 Å². The number of carbonyl (C=O) groups is 2. The number of benzene rings is 1. The van der Waals surface area contributed by atoms with E-state index in [1.54, 1.807) is 0 Å². The molecule has 0 unspecified atom stereocenters. The number of halogens is 2. The van der Waals surface area contributed by atoms with Crippen LogP contribution in [0, 0.1) is 5.82 Å².